The molecule has 0 atom stereocenters. The number of hydrogen-bond acceptors (Lipinski definition) is 4. The molecule has 0 saturated heterocycles. The van der Waals surface area contributed by atoms with Crippen molar-refractivity contribution in [2.75, 3.05) is 5.32 Å². The summed E-state index contributed by atoms with van der Waals surface area (Å²) in [5.41, 5.74) is 2.74. The molecule has 1 aromatic carbocycles. The smallest absolute Gasteiger partial charge is 0.256 e. The van der Waals surface area contributed by atoms with Gasteiger partial charge in [-0.05, 0) is 30.3 Å². The Hall–Kier alpha value is -3.38. The molecule has 7 heteroatoms. The molecule has 0 radical (unpaired) electrons. The highest BCUT2D eigenvalue weighted by Gasteiger charge is 2.15. The van der Waals surface area contributed by atoms with Gasteiger partial charge in [0.05, 0.1) is 23.9 Å². The molecule has 0 spiro atoms. The fourth-order valence-corrected chi connectivity index (χ4v) is 2.69. The highest BCUT2D eigenvalue weighted by Crippen LogP contribution is 2.25. The monoisotopic (exact) mass is 364 g/mol. The second-order valence-corrected chi connectivity index (χ2v) is 5.88. The van der Waals surface area contributed by atoms with Crippen molar-refractivity contribution in [2.45, 2.75) is 0 Å². The van der Waals surface area contributed by atoms with Crippen molar-refractivity contribution >= 4 is 23.3 Å². The SMILES string of the molecule is O=C(Nc1cc(-c2ccoc2)nn1-c1ccccc1)c1ccnc(Cl)c1. The van der Waals surface area contributed by atoms with Crippen LogP contribution in [-0.2, 0) is 0 Å². The van der Waals surface area contributed by atoms with E-state index in [-0.39, 0.29) is 11.1 Å². The molecule has 0 unspecified atom stereocenters. The normalized spacial score (nSPS) is 10.7. The number of hydrogen-bond donors (Lipinski definition) is 1. The minimum Gasteiger partial charge on any atom is -0.472 e. The molecule has 0 saturated carbocycles. The first-order chi connectivity index (χ1) is 12.7. The number of para-hydroxylation sites is 1. The summed E-state index contributed by atoms with van der Waals surface area (Å²) in [5, 5.41) is 7.73. The number of nitrogens with zero attached hydrogens (tertiary/aromatic N) is 3. The van der Waals surface area contributed by atoms with Gasteiger partial charge in [-0.15, -0.1) is 0 Å². The van der Waals surface area contributed by atoms with Crippen molar-refractivity contribution in [1.29, 1.82) is 0 Å². The van der Waals surface area contributed by atoms with Crippen LogP contribution < -0.4 is 5.32 Å². The molecular formula is C19H13ClN4O2. The molecular weight excluding hydrogens is 352 g/mol. The van der Waals surface area contributed by atoms with E-state index in [1.807, 2.05) is 36.4 Å². The number of pyridine rings is 1. The molecule has 0 aliphatic rings. The van der Waals surface area contributed by atoms with E-state index in [9.17, 15) is 4.79 Å². The third-order valence-electron chi connectivity index (χ3n) is 3.76. The summed E-state index contributed by atoms with van der Waals surface area (Å²) in [6.45, 7) is 0. The van der Waals surface area contributed by atoms with E-state index in [0.717, 1.165) is 11.3 Å². The van der Waals surface area contributed by atoms with Crippen molar-refractivity contribution in [3.8, 4) is 16.9 Å². The maximum Gasteiger partial charge on any atom is 0.256 e. The van der Waals surface area contributed by atoms with E-state index < -0.39 is 0 Å². The van der Waals surface area contributed by atoms with E-state index in [0.29, 0.717) is 17.1 Å². The van der Waals surface area contributed by atoms with Crippen LogP contribution in [0.25, 0.3) is 16.9 Å². The number of benzene rings is 1. The topological polar surface area (TPSA) is 73.0 Å². The van der Waals surface area contributed by atoms with Gasteiger partial charge in [-0.1, -0.05) is 29.8 Å². The zero-order valence-electron chi connectivity index (χ0n) is 13.5. The van der Waals surface area contributed by atoms with Gasteiger partial charge in [0.1, 0.15) is 11.0 Å². The van der Waals surface area contributed by atoms with Gasteiger partial charge in [-0.25, -0.2) is 9.67 Å². The Bertz CT molecular complexity index is 1040. The Morgan fingerprint density at radius 2 is 1.96 bits per heavy atom. The number of anilines is 1. The van der Waals surface area contributed by atoms with Crippen LogP contribution in [0.15, 0.2) is 77.7 Å². The number of carbonyl (C=O) groups excluding carboxylic acids is 1. The molecule has 0 fully saturated rings. The number of rotatable bonds is 4. The van der Waals surface area contributed by atoms with Gasteiger partial charge in [-0.2, -0.15) is 5.10 Å². The fraction of sp³-hybridized carbons (Fsp3) is 0. The first-order valence-corrected chi connectivity index (χ1v) is 8.19. The molecule has 1 N–H and O–H groups in total. The number of aromatic nitrogens is 3. The lowest BCUT2D eigenvalue weighted by Crippen LogP contribution is -2.15. The second kappa shape index (κ2) is 6.85. The molecule has 4 aromatic rings. The summed E-state index contributed by atoms with van der Waals surface area (Å²) in [7, 11) is 0. The highest BCUT2D eigenvalue weighted by molar-refractivity contribution is 6.29. The second-order valence-electron chi connectivity index (χ2n) is 5.50. The summed E-state index contributed by atoms with van der Waals surface area (Å²) in [5.74, 6) is 0.232. The van der Waals surface area contributed by atoms with Gasteiger partial charge in [0.2, 0.25) is 0 Å². The molecule has 6 nitrogen and oxygen atoms in total. The van der Waals surface area contributed by atoms with Crippen LogP contribution in [0.3, 0.4) is 0 Å². The predicted molar refractivity (Wildman–Crippen MR) is 98.5 cm³/mol. The molecule has 0 aliphatic heterocycles. The molecule has 3 aromatic heterocycles. The Labute approximate surface area is 154 Å². The Balaban J connectivity index is 1.73. The third kappa shape index (κ3) is 3.22. The van der Waals surface area contributed by atoms with Gasteiger partial charge in [0.25, 0.3) is 5.91 Å². The van der Waals surface area contributed by atoms with Gasteiger partial charge in [-0.3, -0.25) is 4.79 Å². The van der Waals surface area contributed by atoms with Crippen LogP contribution in [0, 0.1) is 0 Å². The van der Waals surface area contributed by atoms with Gasteiger partial charge in [0, 0.05) is 23.4 Å². The number of halogens is 1. The zero-order valence-corrected chi connectivity index (χ0v) is 14.2. The van der Waals surface area contributed by atoms with Crippen LogP contribution in [0.4, 0.5) is 5.82 Å². The van der Waals surface area contributed by atoms with E-state index in [1.54, 1.807) is 29.3 Å². The molecule has 128 valence electrons. The fourth-order valence-electron chi connectivity index (χ4n) is 2.52. The molecule has 4 rings (SSSR count). The lowest BCUT2D eigenvalue weighted by atomic mass is 10.2. The first kappa shape index (κ1) is 16.1. The van der Waals surface area contributed by atoms with Crippen molar-refractivity contribution < 1.29 is 9.21 Å². The molecule has 3 heterocycles. The van der Waals surface area contributed by atoms with Gasteiger partial charge in [0.15, 0.2) is 0 Å². The largest absolute Gasteiger partial charge is 0.472 e. The summed E-state index contributed by atoms with van der Waals surface area (Å²) >= 11 is 5.87. The van der Waals surface area contributed by atoms with Crippen LogP contribution >= 0.6 is 11.6 Å². The van der Waals surface area contributed by atoms with Gasteiger partial charge >= 0.3 is 0 Å². The van der Waals surface area contributed by atoms with Crippen molar-refractivity contribution in [2.24, 2.45) is 0 Å². The highest BCUT2D eigenvalue weighted by atomic mass is 35.5. The molecule has 0 bridgehead atoms. The average Bonchev–Trinajstić information content (AvgIpc) is 3.32. The summed E-state index contributed by atoms with van der Waals surface area (Å²) in [4.78, 5) is 16.5. The quantitative estimate of drug-likeness (QED) is 0.543. The van der Waals surface area contributed by atoms with Crippen molar-refractivity contribution in [3.05, 3.63) is 84.0 Å². The summed E-state index contributed by atoms with van der Waals surface area (Å²) in [6, 6.07) is 16.3. The summed E-state index contributed by atoms with van der Waals surface area (Å²) in [6.07, 6.45) is 4.67. The van der Waals surface area contributed by atoms with E-state index in [1.165, 1.54) is 12.3 Å². The maximum absolute atomic E-state index is 12.6. The Morgan fingerprint density at radius 1 is 1.12 bits per heavy atom. The predicted octanol–water partition coefficient (Wildman–Crippen LogP) is 4.43. The summed E-state index contributed by atoms with van der Waals surface area (Å²) < 4.78 is 6.80. The Morgan fingerprint density at radius 3 is 2.69 bits per heavy atom. The van der Waals surface area contributed by atoms with Crippen LogP contribution in [0.5, 0.6) is 0 Å². The minimum absolute atomic E-state index is 0.258. The van der Waals surface area contributed by atoms with Crippen LogP contribution in [0.1, 0.15) is 10.4 Å². The van der Waals surface area contributed by atoms with Crippen molar-refractivity contribution in [1.82, 2.24) is 14.8 Å². The first-order valence-electron chi connectivity index (χ1n) is 7.82. The number of furan rings is 1. The average molecular weight is 365 g/mol. The number of amides is 1. The van der Waals surface area contributed by atoms with Crippen LogP contribution in [-0.4, -0.2) is 20.7 Å². The number of nitrogens with one attached hydrogen (secondary N) is 1. The molecule has 0 aliphatic carbocycles. The van der Waals surface area contributed by atoms with Crippen LogP contribution in [0.2, 0.25) is 5.15 Å². The molecule has 26 heavy (non-hydrogen) atoms. The maximum atomic E-state index is 12.6. The number of carbonyl (C=O) groups is 1. The molecule has 1 amide bonds. The van der Waals surface area contributed by atoms with E-state index in [4.69, 9.17) is 16.0 Å². The van der Waals surface area contributed by atoms with E-state index >= 15 is 0 Å². The lowest BCUT2D eigenvalue weighted by Gasteiger charge is -2.08. The Kier molecular flexibility index (Phi) is 4.25. The van der Waals surface area contributed by atoms with E-state index in [2.05, 4.69) is 15.4 Å². The lowest BCUT2D eigenvalue weighted by molar-refractivity contribution is 0.102. The van der Waals surface area contributed by atoms with Gasteiger partial charge < -0.3 is 9.73 Å². The minimum atomic E-state index is -0.301. The standard InChI is InChI=1S/C19H13ClN4O2/c20-17-10-13(6-8-21-17)19(25)22-18-11-16(14-7-9-26-12-14)23-24(18)15-4-2-1-3-5-15/h1-12H,(H,22,25). The zero-order chi connectivity index (χ0) is 17.9. The third-order valence-corrected chi connectivity index (χ3v) is 3.96. The van der Waals surface area contributed by atoms with Crippen molar-refractivity contribution in [3.63, 3.8) is 0 Å².